The molecule has 16 heavy (non-hydrogen) atoms. The smallest absolute Gasteiger partial charge is 0.326 e. The summed E-state index contributed by atoms with van der Waals surface area (Å²) in [7, 11) is 0. The maximum absolute atomic E-state index is 12.1. The van der Waals surface area contributed by atoms with Crippen molar-refractivity contribution >= 4 is 5.97 Å². The molecule has 0 radical (unpaired) electrons. The standard InChI is InChI=1S/C13H25NO2/c1-9-7-12(5,6)8-13(9,14)10(15)16-11(2,3)4/h9H,7-8,14H2,1-6H3/t9-,13+/m0/s1. The van der Waals surface area contributed by atoms with E-state index in [-0.39, 0.29) is 17.3 Å². The number of esters is 1. The summed E-state index contributed by atoms with van der Waals surface area (Å²) in [6.07, 6.45) is 1.68. The molecular weight excluding hydrogens is 202 g/mol. The lowest BCUT2D eigenvalue weighted by molar-refractivity contribution is -0.163. The Morgan fingerprint density at radius 2 is 1.88 bits per heavy atom. The topological polar surface area (TPSA) is 52.3 Å². The van der Waals surface area contributed by atoms with E-state index in [1.807, 2.05) is 27.7 Å². The van der Waals surface area contributed by atoms with Crippen LogP contribution in [0.15, 0.2) is 0 Å². The average molecular weight is 227 g/mol. The summed E-state index contributed by atoms with van der Waals surface area (Å²) < 4.78 is 5.42. The number of hydrogen-bond donors (Lipinski definition) is 1. The van der Waals surface area contributed by atoms with Crippen LogP contribution in [0.3, 0.4) is 0 Å². The molecule has 1 saturated carbocycles. The van der Waals surface area contributed by atoms with Gasteiger partial charge in [0.2, 0.25) is 0 Å². The van der Waals surface area contributed by atoms with Gasteiger partial charge in [-0.15, -0.1) is 0 Å². The van der Waals surface area contributed by atoms with Crippen LogP contribution >= 0.6 is 0 Å². The van der Waals surface area contributed by atoms with E-state index in [9.17, 15) is 4.79 Å². The van der Waals surface area contributed by atoms with Crippen LogP contribution < -0.4 is 5.73 Å². The summed E-state index contributed by atoms with van der Waals surface area (Å²) in [6.45, 7) is 12.0. The zero-order valence-corrected chi connectivity index (χ0v) is 11.4. The van der Waals surface area contributed by atoms with Crippen LogP contribution in [0.25, 0.3) is 0 Å². The van der Waals surface area contributed by atoms with E-state index in [0.29, 0.717) is 6.42 Å². The monoisotopic (exact) mass is 227 g/mol. The highest BCUT2D eigenvalue weighted by Gasteiger charge is 2.52. The van der Waals surface area contributed by atoms with Gasteiger partial charge in [0, 0.05) is 0 Å². The molecule has 0 amide bonds. The second-order valence-corrected chi connectivity index (χ2v) is 6.99. The van der Waals surface area contributed by atoms with Gasteiger partial charge < -0.3 is 10.5 Å². The average Bonchev–Trinajstić information content (AvgIpc) is 2.18. The van der Waals surface area contributed by atoms with Crippen LogP contribution in [0, 0.1) is 11.3 Å². The van der Waals surface area contributed by atoms with Gasteiger partial charge in [0.15, 0.2) is 0 Å². The molecule has 94 valence electrons. The Kier molecular flexibility index (Phi) is 3.14. The lowest BCUT2D eigenvalue weighted by atomic mass is 9.87. The number of nitrogens with two attached hydrogens (primary N) is 1. The lowest BCUT2D eigenvalue weighted by Gasteiger charge is -2.31. The summed E-state index contributed by atoms with van der Waals surface area (Å²) in [5.41, 5.74) is 5.11. The molecule has 0 bridgehead atoms. The fourth-order valence-corrected chi connectivity index (χ4v) is 2.70. The van der Waals surface area contributed by atoms with Gasteiger partial charge in [0.1, 0.15) is 11.1 Å². The molecule has 0 heterocycles. The first-order chi connectivity index (χ1) is 6.96. The third-order valence-electron chi connectivity index (χ3n) is 3.29. The molecule has 0 aromatic heterocycles. The summed E-state index contributed by atoms with van der Waals surface area (Å²) >= 11 is 0. The van der Waals surface area contributed by atoms with Crippen molar-refractivity contribution in [1.29, 1.82) is 0 Å². The summed E-state index contributed by atoms with van der Waals surface area (Å²) in [6, 6.07) is 0. The third kappa shape index (κ3) is 2.76. The van der Waals surface area contributed by atoms with Crippen molar-refractivity contribution in [2.75, 3.05) is 0 Å². The molecule has 0 saturated heterocycles. The van der Waals surface area contributed by atoms with Crippen molar-refractivity contribution in [2.24, 2.45) is 17.1 Å². The fourth-order valence-electron chi connectivity index (χ4n) is 2.70. The van der Waals surface area contributed by atoms with Crippen LogP contribution in [-0.4, -0.2) is 17.1 Å². The van der Waals surface area contributed by atoms with Crippen molar-refractivity contribution in [3.63, 3.8) is 0 Å². The first-order valence-electron chi connectivity index (χ1n) is 5.99. The Morgan fingerprint density at radius 1 is 1.38 bits per heavy atom. The van der Waals surface area contributed by atoms with Crippen molar-refractivity contribution in [2.45, 2.75) is 65.5 Å². The van der Waals surface area contributed by atoms with E-state index in [0.717, 1.165) is 6.42 Å². The summed E-state index contributed by atoms with van der Waals surface area (Å²) in [4.78, 5) is 12.1. The molecule has 1 aliphatic rings. The minimum atomic E-state index is -0.809. The fraction of sp³-hybridized carbons (Fsp3) is 0.923. The van der Waals surface area contributed by atoms with Crippen LogP contribution in [0.4, 0.5) is 0 Å². The molecule has 0 spiro atoms. The van der Waals surface area contributed by atoms with Gasteiger partial charge in [-0.25, -0.2) is 0 Å². The maximum atomic E-state index is 12.1. The van der Waals surface area contributed by atoms with Crippen LogP contribution in [0.1, 0.15) is 54.4 Å². The predicted molar refractivity (Wildman–Crippen MR) is 64.9 cm³/mol. The highest BCUT2D eigenvalue weighted by Crippen LogP contribution is 2.46. The number of ether oxygens (including phenoxy) is 1. The van der Waals surface area contributed by atoms with E-state index in [4.69, 9.17) is 10.5 Å². The third-order valence-corrected chi connectivity index (χ3v) is 3.29. The number of rotatable bonds is 1. The number of hydrogen-bond acceptors (Lipinski definition) is 3. The second kappa shape index (κ2) is 3.73. The van der Waals surface area contributed by atoms with Gasteiger partial charge in [0.25, 0.3) is 0 Å². The Morgan fingerprint density at radius 3 is 2.19 bits per heavy atom. The SMILES string of the molecule is C[C@H]1CC(C)(C)C[C@]1(N)C(=O)OC(C)(C)C. The van der Waals surface area contributed by atoms with E-state index >= 15 is 0 Å². The van der Waals surface area contributed by atoms with Gasteiger partial charge in [-0.05, 0) is 44.9 Å². The van der Waals surface area contributed by atoms with Crippen molar-refractivity contribution in [3.05, 3.63) is 0 Å². The quantitative estimate of drug-likeness (QED) is 0.700. The Hall–Kier alpha value is -0.570. The predicted octanol–water partition coefficient (Wildman–Crippen LogP) is 2.48. The van der Waals surface area contributed by atoms with E-state index in [2.05, 4.69) is 13.8 Å². The summed E-state index contributed by atoms with van der Waals surface area (Å²) in [5, 5.41) is 0. The summed E-state index contributed by atoms with van der Waals surface area (Å²) in [5.74, 6) is -0.0737. The molecule has 0 aromatic carbocycles. The number of carbonyl (C=O) groups excluding carboxylic acids is 1. The Balaban J connectivity index is 2.83. The molecular formula is C13H25NO2. The van der Waals surface area contributed by atoms with Gasteiger partial charge in [-0.1, -0.05) is 20.8 Å². The van der Waals surface area contributed by atoms with Crippen LogP contribution in [-0.2, 0) is 9.53 Å². The lowest BCUT2D eigenvalue weighted by Crippen LogP contribution is -2.53. The first-order valence-corrected chi connectivity index (χ1v) is 5.99. The van der Waals surface area contributed by atoms with Crippen molar-refractivity contribution < 1.29 is 9.53 Å². The van der Waals surface area contributed by atoms with Gasteiger partial charge in [-0.3, -0.25) is 4.79 Å². The Bertz CT molecular complexity index is 291. The zero-order valence-electron chi connectivity index (χ0n) is 11.4. The van der Waals surface area contributed by atoms with Crippen LogP contribution in [0.2, 0.25) is 0 Å². The highest BCUT2D eigenvalue weighted by molar-refractivity contribution is 5.82. The van der Waals surface area contributed by atoms with E-state index in [1.54, 1.807) is 0 Å². The Labute approximate surface area is 98.7 Å². The molecule has 1 aliphatic carbocycles. The minimum Gasteiger partial charge on any atom is -0.459 e. The van der Waals surface area contributed by atoms with E-state index in [1.165, 1.54) is 0 Å². The molecule has 0 aromatic rings. The molecule has 3 nitrogen and oxygen atoms in total. The maximum Gasteiger partial charge on any atom is 0.326 e. The molecule has 0 unspecified atom stereocenters. The molecule has 0 aliphatic heterocycles. The second-order valence-electron chi connectivity index (χ2n) is 6.99. The van der Waals surface area contributed by atoms with Crippen molar-refractivity contribution in [3.8, 4) is 0 Å². The number of carbonyl (C=O) groups is 1. The molecule has 2 atom stereocenters. The zero-order chi connectivity index (χ0) is 12.8. The molecule has 3 heteroatoms. The molecule has 2 N–H and O–H groups in total. The van der Waals surface area contributed by atoms with Crippen molar-refractivity contribution in [1.82, 2.24) is 0 Å². The molecule has 1 fully saturated rings. The molecule has 1 rings (SSSR count). The van der Waals surface area contributed by atoms with Gasteiger partial charge in [-0.2, -0.15) is 0 Å². The van der Waals surface area contributed by atoms with E-state index < -0.39 is 11.1 Å². The normalized spacial score (nSPS) is 33.8. The van der Waals surface area contributed by atoms with Crippen LogP contribution in [0.5, 0.6) is 0 Å². The van der Waals surface area contributed by atoms with Gasteiger partial charge >= 0.3 is 5.97 Å². The van der Waals surface area contributed by atoms with Gasteiger partial charge in [0.05, 0.1) is 0 Å². The minimum absolute atomic E-state index is 0.130. The highest BCUT2D eigenvalue weighted by atomic mass is 16.6. The largest absolute Gasteiger partial charge is 0.459 e. The first kappa shape index (κ1) is 13.5.